The van der Waals surface area contributed by atoms with Gasteiger partial charge in [-0.05, 0) is 61.0 Å². The molecule has 4 aromatic rings. The lowest BCUT2D eigenvalue weighted by Gasteiger charge is -2.09. The molecule has 0 aliphatic carbocycles. The van der Waals surface area contributed by atoms with Crippen LogP contribution in [-0.4, -0.2) is 16.1 Å². The maximum absolute atomic E-state index is 11.7. The van der Waals surface area contributed by atoms with Crippen LogP contribution in [0.25, 0.3) is 23.1 Å². The number of amides is 1. The number of anilines is 3. The number of carbonyl (C=O) groups excluding carboxylic acids is 1. The van der Waals surface area contributed by atoms with Crippen molar-refractivity contribution < 1.29 is 4.79 Å². The Bertz CT molecular complexity index is 1220. The quantitative estimate of drug-likeness (QED) is 0.352. The van der Waals surface area contributed by atoms with Gasteiger partial charge in [0.05, 0.1) is 11.2 Å². The molecule has 5 heteroatoms. The van der Waals surface area contributed by atoms with Crippen molar-refractivity contribution in [1.82, 2.24) is 10.2 Å². The molecule has 30 heavy (non-hydrogen) atoms. The highest BCUT2D eigenvalue weighted by atomic mass is 16.1. The summed E-state index contributed by atoms with van der Waals surface area (Å²) >= 11 is 0. The van der Waals surface area contributed by atoms with Crippen molar-refractivity contribution in [2.45, 2.75) is 6.92 Å². The summed E-state index contributed by atoms with van der Waals surface area (Å²) in [5, 5.41) is 14.8. The summed E-state index contributed by atoms with van der Waals surface area (Å²) in [5.74, 6) is -0.149. The molecule has 0 aliphatic rings. The van der Waals surface area contributed by atoms with Gasteiger partial charge in [0.15, 0.2) is 0 Å². The van der Waals surface area contributed by atoms with Crippen LogP contribution in [-0.2, 0) is 4.79 Å². The number of allylic oxidation sites excluding steroid dienone is 1. The van der Waals surface area contributed by atoms with Crippen molar-refractivity contribution >= 4 is 46.0 Å². The predicted octanol–water partition coefficient (Wildman–Crippen LogP) is 5.99. The Morgan fingerprint density at radius 2 is 1.70 bits per heavy atom. The number of carbonyl (C=O) groups is 1. The lowest BCUT2D eigenvalue weighted by molar-refractivity contribution is -0.111. The largest absolute Gasteiger partial charge is 0.355 e. The van der Waals surface area contributed by atoms with Crippen LogP contribution in [0.2, 0.25) is 0 Å². The van der Waals surface area contributed by atoms with E-state index in [1.165, 1.54) is 6.08 Å². The fourth-order valence-electron chi connectivity index (χ4n) is 3.16. The highest BCUT2D eigenvalue weighted by molar-refractivity contribution is 5.99. The highest BCUT2D eigenvalue weighted by Crippen LogP contribution is 2.25. The first-order valence-electron chi connectivity index (χ1n) is 9.73. The molecule has 0 aliphatic heterocycles. The van der Waals surface area contributed by atoms with Crippen molar-refractivity contribution in [3.8, 4) is 0 Å². The number of hydrogen-bond acceptors (Lipinski definition) is 3. The zero-order valence-corrected chi connectivity index (χ0v) is 16.6. The SMILES string of the molecule is C/C=C/C(=O)Nc1cccc(Nc2ccc3c(/C=C/c4ccccc4)n[nH]c3c2)c1. The zero-order valence-electron chi connectivity index (χ0n) is 16.6. The van der Waals surface area contributed by atoms with Crippen LogP contribution in [0.5, 0.6) is 0 Å². The molecule has 0 spiro atoms. The van der Waals surface area contributed by atoms with Gasteiger partial charge in [0.25, 0.3) is 0 Å². The molecule has 0 unspecified atom stereocenters. The van der Waals surface area contributed by atoms with Gasteiger partial charge in [-0.15, -0.1) is 0 Å². The molecule has 1 heterocycles. The Labute approximate surface area is 175 Å². The molecule has 4 rings (SSSR count). The third-order valence-corrected chi connectivity index (χ3v) is 4.56. The fraction of sp³-hybridized carbons (Fsp3) is 0.0400. The average molecular weight is 394 g/mol. The summed E-state index contributed by atoms with van der Waals surface area (Å²) in [6.45, 7) is 1.81. The molecule has 3 aromatic carbocycles. The molecule has 0 fully saturated rings. The number of aromatic amines is 1. The second kappa shape index (κ2) is 8.92. The van der Waals surface area contributed by atoms with Crippen LogP contribution in [0.15, 0.2) is 84.9 Å². The number of nitrogens with one attached hydrogen (secondary N) is 3. The number of aromatic nitrogens is 2. The number of nitrogens with zero attached hydrogens (tertiary/aromatic N) is 1. The third-order valence-electron chi connectivity index (χ3n) is 4.56. The number of hydrogen-bond donors (Lipinski definition) is 3. The van der Waals surface area contributed by atoms with Gasteiger partial charge < -0.3 is 10.6 Å². The Hall–Kier alpha value is -4.12. The summed E-state index contributed by atoms with van der Waals surface area (Å²) < 4.78 is 0. The molecule has 0 bridgehead atoms. The summed E-state index contributed by atoms with van der Waals surface area (Å²) in [5.41, 5.74) is 5.53. The number of fused-ring (bicyclic) bond motifs is 1. The van der Waals surface area contributed by atoms with Crippen LogP contribution in [0.4, 0.5) is 17.1 Å². The molecule has 1 aromatic heterocycles. The zero-order chi connectivity index (χ0) is 20.8. The molecule has 3 N–H and O–H groups in total. The van der Waals surface area contributed by atoms with Crippen molar-refractivity contribution in [2.75, 3.05) is 10.6 Å². The summed E-state index contributed by atoms with van der Waals surface area (Å²) in [6, 6.07) is 23.8. The minimum atomic E-state index is -0.149. The fourth-order valence-corrected chi connectivity index (χ4v) is 3.16. The maximum atomic E-state index is 11.7. The standard InChI is InChI=1S/C25H22N4O/c1-2-7-25(30)27-20-11-6-10-19(16-20)26-21-13-14-22-23(28-29-24(22)17-21)15-12-18-8-4-3-5-9-18/h2-17,26H,1H3,(H,27,30)(H,28,29)/b7-2+,15-12+. The van der Waals surface area contributed by atoms with Crippen LogP contribution in [0.3, 0.4) is 0 Å². The Morgan fingerprint density at radius 3 is 2.53 bits per heavy atom. The van der Waals surface area contributed by atoms with Crippen LogP contribution < -0.4 is 10.6 Å². The number of rotatable bonds is 6. The van der Waals surface area contributed by atoms with E-state index < -0.39 is 0 Å². The first kappa shape index (κ1) is 19.2. The van der Waals surface area contributed by atoms with Crippen molar-refractivity contribution in [3.63, 3.8) is 0 Å². The van der Waals surface area contributed by atoms with E-state index in [2.05, 4.69) is 39.0 Å². The molecular formula is C25H22N4O. The monoisotopic (exact) mass is 394 g/mol. The van der Waals surface area contributed by atoms with E-state index in [1.807, 2.05) is 73.7 Å². The van der Waals surface area contributed by atoms with Crippen LogP contribution in [0, 0.1) is 0 Å². The van der Waals surface area contributed by atoms with Gasteiger partial charge in [-0.1, -0.05) is 48.6 Å². The molecule has 0 saturated heterocycles. The minimum absolute atomic E-state index is 0.149. The molecule has 0 radical (unpaired) electrons. The second-order valence-electron chi connectivity index (χ2n) is 6.81. The minimum Gasteiger partial charge on any atom is -0.355 e. The molecule has 5 nitrogen and oxygen atoms in total. The second-order valence-corrected chi connectivity index (χ2v) is 6.81. The van der Waals surface area contributed by atoms with E-state index >= 15 is 0 Å². The normalized spacial score (nSPS) is 11.4. The van der Waals surface area contributed by atoms with Crippen molar-refractivity contribution in [3.05, 3.63) is 96.2 Å². The molecular weight excluding hydrogens is 372 g/mol. The lowest BCUT2D eigenvalue weighted by atomic mass is 10.1. The number of benzene rings is 3. The number of H-pyrrole nitrogens is 1. The molecule has 148 valence electrons. The predicted molar refractivity (Wildman–Crippen MR) is 125 cm³/mol. The topological polar surface area (TPSA) is 69.8 Å². The molecule has 0 saturated carbocycles. The maximum Gasteiger partial charge on any atom is 0.248 e. The van der Waals surface area contributed by atoms with E-state index in [-0.39, 0.29) is 5.91 Å². The Kier molecular flexibility index (Phi) is 5.71. The van der Waals surface area contributed by atoms with Gasteiger partial charge in [-0.3, -0.25) is 9.89 Å². The lowest BCUT2D eigenvalue weighted by Crippen LogP contribution is -2.07. The Morgan fingerprint density at radius 1 is 0.900 bits per heavy atom. The van der Waals surface area contributed by atoms with Crippen molar-refractivity contribution in [2.24, 2.45) is 0 Å². The third kappa shape index (κ3) is 4.64. The van der Waals surface area contributed by atoms with Gasteiger partial charge in [0, 0.05) is 22.4 Å². The van der Waals surface area contributed by atoms with Gasteiger partial charge in [0.1, 0.15) is 0 Å². The Balaban J connectivity index is 1.51. The van der Waals surface area contributed by atoms with E-state index in [0.29, 0.717) is 0 Å². The van der Waals surface area contributed by atoms with Gasteiger partial charge in [-0.25, -0.2) is 0 Å². The van der Waals surface area contributed by atoms with Crippen molar-refractivity contribution in [1.29, 1.82) is 0 Å². The van der Waals surface area contributed by atoms with E-state index in [0.717, 1.165) is 39.2 Å². The highest BCUT2D eigenvalue weighted by Gasteiger charge is 2.05. The smallest absolute Gasteiger partial charge is 0.248 e. The summed E-state index contributed by atoms with van der Waals surface area (Å²) in [6.07, 6.45) is 7.27. The molecule has 1 amide bonds. The van der Waals surface area contributed by atoms with E-state index in [4.69, 9.17) is 0 Å². The van der Waals surface area contributed by atoms with E-state index in [9.17, 15) is 4.79 Å². The summed E-state index contributed by atoms with van der Waals surface area (Å²) in [4.78, 5) is 11.7. The van der Waals surface area contributed by atoms with Gasteiger partial charge in [-0.2, -0.15) is 5.10 Å². The average Bonchev–Trinajstić information content (AvgIpc) is 3.15. The first-order valence-corrected chi connectivity index (χ1v) is 9.73. The summed E-state index contributed by atoms with van der Waals surface area (Å²) in [7, 11) is 0. The molecule has 0 atom stereocenters. The first-order chi connectivity index (χ1) is 14.7. The van der Waals surface area contributed by atoms with Gasteiger partial charge in [0.2, 0.25) is 5.91 Å². The van der Waals surface area contributed by atoms with Crippen LogP contribution >= 0.6 is 0 Å². The van der Waals surface area contributed by atoms with Gasteiger partial charge >= 0.3 is 0 Å². The van der Waals surface area contributed by atoms with E-state index in [1.54, 1.807) is 6.08 Å². The van der Waals surface area contributed by atoms with Crippen LogP contribution in [0.1, 0.15) is 18.2 Å².